The molecule has 0 aliphatic rings. The maximum absolute atomic E-state index is 4.39. The van der Waals surface area contributed by atoms with E-state index in [0.29, 0.717) is 0 Å². The summed E-state index contributed by atoms with van der Waals surface area (Å²) in [6.45, 7) is 10.8. The summed E-state index contributed by atoms with van der Waals surface area (Å²) in [5, 5.41) is 0. The topological polar surface area (TPSA) is 0 Å². The zero-order valence-corrected chi connectivity index (χ0v) is 10.8. The van der Waals surface area contributed by atoms with Crippen LogP contribution in [0.15, 0.2) is 23.3 Å². The smallest absolute Gasteiger partial charge is 0.0156 e. The second kappa shape index (κ2) is 8.16. The molecule has 0 spiro atoms. The number of hydrogen-bond acceptors (Lipinski definition) is 1. The van der Waals surface area contributed by atoms with Gasteiger partial charge in [0.1, 0.15) is 0 Å². The minimum Gasteiger partial charge on any atom is -0.175 e. The highest BCUT2D eigenvalue weighted by Crippen LogP contribution is 2.22. The SMILES string of the molecule is C=C(CCC)/C(CS)=C(\C)CCCC. The van der Waals surface area contributed by atoms with E-state index >= 15 is 0 Å². The van der Waals surface area contributed by atoms with Crippen LogP contribution in [0.2, 0.25) is 0 Å². The first kappa shape index (κ1) is 13.8. The normalized spacial score (nSPS) is 12.6. The molecule has 0 aliphatic heterocycles. The number of rotatable bonds is 7. The Labute approximate surface area is 94.9 Å². The van der Waals surface area contributed by atoms with Crippen molar-refractivity contribution in [1.29, 1.82) is 0 Å². The van der Waals surface area contributed by atoms with Gasteiger partial charge in [0, 0.05) is 5.75 Å². The van der Waals surface area contributed by atoms with Crippen molar-refractivity contribution in [2.75, 3.05) is 5.75 Å². The van der Waals surface area contributed by atoms with E-state index < -0.39 is 0 Å². The molecule has 0 saturated heterocycles. The highest BCUT2D eigenvalue weighted by Gasteiger charge is 2.04. The van der Waals surface area contributed by atoms with Crippen molar-refractivity contribution in [2.45, 2.75) is 52.9 Å². The third-order valence-corrected chi connectivity index (χ3v) is 2.87. The summed E-state index contributed by atoms with van der Waals surface area (Å²) in [4.78, 5) is 0. The lowest BCUT2D eigenvalue weighted by molar-refractivity contribution is 0.779. The van der Waals surface area contributed by atoms with Gasteiger partial charge in [-0.3, -0.25) is 0 Å². The third kappa shape index (κ3) is 4.90. The van der Waals surface area contributed by atoms with E-state index in [4.69, 9.17) is 0 Å². The van der Waals surface area contributed by atoms with Gasteiger partial charge in [-0.1, -0.05) is 44.4 Å². The minimum atomic E-state index is 0.842. The first-order valence-corrected chi connectivity index (χ1v) is 6.28. The third-order valence-electron chi connectivity index (χ3n) is 2.56. The second-order valence-corrected chi connectivity index (χ2v) is 4.19. The maximum atomic E-state index is 4.39. The van der Waals surface area contributed by atoms with Gasteiger partial charge in [-0.2, -0.15) is 12.6 Å². The standard InChI is InChI=1S/C13H24S/c1-5-7-9-12(4)13(10-14)11(3)8-6-2/h14H,3,5-10H2,1-2,4H3/b13-12+. The van der Waals surface area contributed by atoms with Crippen molar-refractivity contribution in [1.82, 2.24) is 0 Å². The lowest BCUT2D eigenvalue weighted by atomic mass is 9.97. The van der Waals surface area contributed by atoms with Crippen molar-refractivity contribution in [3.05, 3.63) is 23.3 Å². The summed E-state index contributed by atoms with van der Waals surface area (Å²) in [6, 6.07) is 0. The Hall–Kier alpha value is -0.170. The van der Waals surface area contributed by atoms with Crippen LogP contribution in [0.25, 0.3) is 0 Å². The summed E-state index contributed by atoms with van der Waals surface area (Å²) >= 11 is 4.39. The molecular formula is C13H24S. The highest BCUT2D eigenvalue weighted by atomic mass is 32.1. The van der Waals surface area contributed by atoms with Gasteiger partial charge in [0.2, 0.25) is 0 Å². The Bertz CT molecular complexity index is 201. The fourth-order valence-electron chi connectivity index (χ4n) is 1.59. The van der Waals surface area contributed by atoms with E-state index in [2.05, 4.69) is 40.0 Å². The van der Waals surface area contributed by atoms with E-state index in [9.17, 15) is 0 Å². The summed E-state index contributed by atoms with van der Waals surface area (Å²) in [7, 11) is 0. The predicted octanol–water partition coefficient (Wildman–Crippen LogP) is 4.78. The summed E-state index contributed by atoms with van der Waals surface area (Å²) in [6.07, 6.45) is 6.03. The molecule has 0 aromatic heterocycles. The van der Waals surface area contributed by atoms with E-state index in [-0.39, 0.29) is 0 Å². The van der Waals surface area contributed by atoms with Crippen LogP contribution in [0.5, 0.6) is 0 Å². The zero-order chi connectivity index (χ0) is 11.0. The highest BCUT2D eigenvalue weighted by molar-refractivity contribution is 7.80. The van der Waals surface area contributed by atoms with Gasteiger partial charge in [-0.05, 0) is 31.8 Å². The van der Waals surface area contributed by atoms with E-state index in [0.717, 1.165) is 12.2 Å². The predicted molar refractivity (Wildman–Crippen MR) is 70.1 cm³/mol. The van der Waals surface area contributed by atoms with Crippen molar-refractivity contribution in [3.63, 3.8) is 0 Å². The molecule has 0 heterocycles. The molecular weight excluding hydrogens is 188 g/mol. The van der Waals surface area contributed by atoms with Gasteiger partial charge in [0.05, 0.1) is 0 Å². The van der Waals surface area contributed by atoms with Crippen LogP contribution < -0.4 is 0 Å². The molecule has 0 atom stereocenters. The molecule has 0 rings (SSSR count). The number of unbranched alkanes of at least 4 members (excludes halogenated alkanes) is 1. The van der Waals surface area contributed by atoms with Gasteiger partial charge < -0.3 is 0 Å². The van der Waals surface area contributed by atoms with Crippen molar-refractivity contribution in [3.8, 4) is 0 Å². The van der Waals surface area contributed by atoms with E-state index in [1.54, 1.807) is 0 Å². The Morgan fingerprint density at radius 1 is 1.14 bits per heavy atom. The summed E-state index contributed by atoms with van der Waals surface area (Å²) in [5.74, 6) is 0.842. The molecule has 0 aromatic rings. The van der Waals surface area contributed by atoms with E-state index in [1.165, 1.54) is 42.4 Å². The Morgan fingerprint density at radius 3 is 2.21 bits per heavy atom. The molecule has 1 heteroatoms. The lowest BCUT2D eigenvalue weighted by Gasteiger charge is -2.12. The molecule has 0 amide bonds. The molecule has 82 valence electrons. The monoisotopic (exact) mass is 212 g/mol. The molecule has 0 aliphatic carbocycles. The van der Waals surface area contributed by atoms with Gasteiger partial charge in [0.15, 0.2) is 0 Å². The quantitative estimate of drug-likeness (QED) is 0.456. The van der Waals surface area contributed by atoms with Crippen LogP contribution in [0.1, 0.15) is 52.9 Å². The van der Waals surface area contributed by atoms with Crippen molar-refractivity contribution < 1.29 is 0 Å². The molecule has 0 aromatic carbocycles. The molecule has 0 bridgehead atoms. The molecule has 14 heavy (non-hydrogen) atoms. The van der Waals surface area contributed by atoms with E-state index in [1.807, 2.05) is 0 Å². The zero-order valence-electron chi connectivity index (χ0n) is 9.90. The van der Waals surface area contributed by atoms with Crippen LogP contribution in [-0.4, -0.2) is 5.75 Å². The minimum absolute atomic E-state index is 0.842. The van der Waals surface area contributed by atoms with Crippen LogP contribution in [0.3, 0.4) is 0 Å². The first-order valence-electron chi connectivity index (χ1n) is 5.64. The Balaban J connectivity index is 4.40. The first-order chi connectivity index (χ1) is 6.67. The van der Waals surface area contributed by atoms with Gasteiger partial charge in [0.25, 0.3) is 0 Å². The number of allylic oxidation sites excluding steroid dienone is 2. The average molecular weight is 212 g/mol. The van der Waals surface area contributed by atoms with Crippen molar-refractivity contribution in [2.24, 2.45) is 0 Å². The second-order valence-electron chi connectivity index (χ2n) is 3.87. The Morgan fingerprint density at radius 2 is 1.79 bits per heavy atom. The summed E-state index contributed by atoms with van der Waals surface area (Å²) < 4.78 is 0. The van der Waals surface area contributed by atoms with Crippen LogP contribution in [0, 0.1) is 0 Å². The summed E-state index contributed by atoms with van der Waals surface area (Å²) in [5.41, 5.74) is 4.17. The lowest BCUT2D eigenvalue weighted by Crippen LogP contribution is -1.95. The molecule has 0 N–H and O–H groups in total. The van der Waals surface area contributed by atoms with Crippen LogP contribution >= 0.6 is 12.6 Å². The largest absolute Gasteiger partial charge is 0.175 e. The fourth-order valence-corrected chi connectivity index (χ4v) is 2.09. The maximum Gasteiger partial charge on any atom is 0.0156 e. The van der Waals surface area contributed by atoms with Crippen LogP contribution in [0.4, 0.5) is 0 Å². The molecule has 0 fully saturated rings. The number of thiol groups is 1. The number of hydrogen-bond donors (Lipinski definition) is 1. The molecule has 0 saturated carbocycles. The molecule has 0 unspecified atom stereocenters. The Kier molecular flexibility index (Phi) is 8.07. The van der Waals surface area contributed by atoms with Gasteiger partial charge in [-0.25, -0.2) is 0 Å². The van der Waals surface area contributed by atoms with Crippen molar-refractivity contribution >= 4 is 12.6 Å². The molecule has 0 nitrogen and oxygen atoms in total. The van der Waals surface area contributed by atoms with Crippen LogP contribution in [-0.2, 0) is 0 Å². The van der Waals surface area contributed by atoms with Gasteiger partial charge >= 0.3 is 0 Å². The fraction of sp³-hybridized carbons (Fsp3) is 0.692. The average Bonchev–Trinajstić information content (AvgIpc) is 2.16. The van der Waals surface area contributed by atoms with Gasteiger partial charge in [-0.15, -0.1) is 0 Å². The molecule has 0 radical (unpaired) electrons.